The van der Waals surface area contributed by atoms with Crippen LogP contribution >= 0.6 is 0 Å². The van der Waals surface area contributed by atoms with Crippen LogP contribution in [0.2, 0.25) is 0 Å². The van der Waals surface area contributed by atoms with Crippen molar-refractivity contribution >= 4 is 15.7 Å². The molecule has 0 radical (unpaired) electrons. The molecule has 1 aromatic rings. The third-order valence-electron chi connectivity index (χ3n) is 4.72. The maximum atomic E-state index is 12.8. The van der Waals surface area contributed by atoms with Gasteiger partial charge in [-0.15, -0.1) is 0 Å². The van der Waals surface area contributed by atoms with Crippen LogP contribution in [-0.4, -0.2) is 72.3 Å². The van der Waals surface area contributed by atoms with E-state index in [1.807, 2.05) is 13.0 Å². The predicted molar refractivity (Wildman–Crippen MR) is 88.1 cm³/mol. The average molecular weight is 337 g/mol. The lowest BCUT2D eigenvalue weighted by Crippen LogP contribution is -2.60. The molecule has 0 spiro atoms. The number of fused-ring (bicyclic) bond motifs is 1. The van der Waals surface area contributed by atoms with Crippen LogP contribution in [0.4, 0.5) is 0 Å². The number of aryl methyl sites for hydroxylation is 1. The molecule has 3 rings (SSSR count). The summed E-state index contributed by atoms with van der Waals surface area (Å²) in [5.74, 6) is 0.122. The van der Waals surface area contributed by atoms with Gasteiger partial charge < -0.3 is 4.90 Å². The van der Waals surface area contributed by atoms with Crippen molar-refractivity contribution in [3.8, 4) is 0 Å². The third kappa shape index (κ3) is 3.26. The Kier molecular flexibility index (Phi) is 4.42. The lowest BCUT2D eigenvalue weighted by molar-refractivity contribution is 0.0333. The minimum atomic E-state index is -3.09. The smallest absolute Gasteiger partial charge is 0.255 e. The van der Waals surface area contributed by atoms with Crippen LogP contribution in [0.5, 0.6) is 0 Å². The molecule has 126 valence electrons. The van der Waals surface area contributed by atoms with Crippen molar-refractivity contribution in [1.82, 2.24) is 14.8 Å². The van der Waals surface area contributed by atoms with Crippen LogP contribution in [0.1, 0.15) is 29.4 Å². The fraction of sp³-hybridized carbons (Fsp3) is 0.625. The average Bonchev–Trinajstić information content (AvgIpc) is 2.83. The molecule has 2 aliphatic heterocycles. The molecule has 2 aliphatic rings. The van der Waals surface area contributed by atoms with Crippen LogP contribution in [0, 0.1) is 6.92 Å². The van der Waals surface area contributed by atoms with Crippen molar-refractivity contribution in [2.24, 2.45) is 0 Å². The van der Waals surface area contributed by atoms with Gasteiger partial charge in [0.15, 0.2) is 9.84 Å². The van der Waals surface area contributed by atoms with Crippen LogP contribution in [0.3, 0.4) is 0 Å². The Morgan fingerprint density at radius 1 is 1.26 bits per heavy atom. The van der Waals surface area contributed by atoms with Crippen LogP contribution in [-0.2, 0) is 9.84 Å². The number of carbonyl (C=O) groups is 1. The highest BCUT2D eigenvalue weighted by Gasteiger charge is 2.47. The number of pyridine rings is 1. The molecule has 2 fully saturated rings. The molecule has 0 saturated carbocycles. The normalized spacial score (nSPS) is 27.0. The SMILES string of the molecule is CCCN1CCN(C(=O)c2ccc(C)nc2)[C@H]2CS(=O)(=O)C[C@H]21. The van der Waals surface area contributed by atoms with Crippen molar-refractivity contribution in [3.63, 3.8) is 0 Å². The number of hydrogen-bond donors (Lipinski definition) is 0. The zero-order valence-corrected chi connectivity index (χ0v) is 14.4. The second-order valence-electron chi connectivity index (χ2n) is 6.43. The molecule has 0 N–H and O–H groups in total. The van der Waals surface area contributed by atoms with Gasteiger partial charge in [-0.2, -0.15) is 0 Å². The van der Waals surface area contributed by atoms with Crippen molar-refractivity contribution in [3.05, 3.63) is 29.6 Å². The van der Waals surface area contributed by atoms with E-state index in [-0.39, 0.29) is 29.5 Å². The summed E-state index contributed by atoms with van der Waals surface area (Å²) in [6.07, 6.45) is 2.56. The minimum absolute atomic E-state index is 0.0723. The van der Waals surface area contributed by atoms with E-state index in [9.17, 15) is 13.2 Å². The molecule has 3 heterocycles. The van der Waals surface area contributed by atoms with E-state index >= 15 is 0 Å². The summed E-state index contributed by atoms with van der Waals surface area (Å²) in [5, 5.41) is 0. The Labute approximate surface area is 137 Å². The molecular weight excluding hydrogens is 314 g/mol. The summed E-state index contributed by atoms with van der Waals surface area (Å²) in [6.45, 7) is 6.15. The summed E-state index contributed by atoms with van der Waals surface area (Å²) in [7, 11) is -3.09. The van der Waals surface area contributed by atoms with E-state index in [2.05, 4.69) is 16.8 Å². The van der Waals surface area contributed by atoms with Crippen LogP contribution < -0.4 is 0 Å². The van der Waals surface area contributed by atoms with Gasteiger partial charge in [-0.25, -0.2) is 8.42 Å². The van der Waals surface area contributed by atoms with Crippen LogP contribution in [0.25, 0.3) is 0 Å². The summed E-state index contributed by atoms with van der Waals surface area (Å²) < 4.78 is 24.2. The summed E-state index contributed by atoms with van der Waals surface area (Å²) in [4.78, 5) is 21.0. The van der Waals surface area contributed by atoms with Gasteiger partial charge >= 0.3 is 0 Å². The Balaban J connectivity index is 1.86. The third-order valence-corrected chi connectivity index (χ3v) is 6.42. The highest BCUT2D eigenvalue weighted by molar-refractivity contribution is 7.91. The molecule has 1 amide bonds. The monoisotopic (exact) mass is 337 g/mol. The lowest BCUT2D eigenvalue weighted by Gasteiger charge is -2.43. The standard InChI is InChI=1S/C16H23N3O3S/c1-3-6-18-7-8-19(15-11-23(21,22)10-14(15)18)16(20)13-5-4-12(2)17-9-13/h4-5,9,14-15H,3,6-8,10-11H2,1-2H3/t14-,15+/m1/s1. The summed E-state index contributed by atoms with van der Waals surface area (Å²) in [6, 6.07) is 3.26. The highest BCUT2D eigenvalue weighted by atomic mass is 32.2. The second-order valence-corrected chi connectivity index (χ2v) is 8.59. The van der Waals surface area contributed by atoms with Crippen molar-refractivity contribution in [2.45, 2.75) is 32.4 Å². The van der Waals surface area contributed by atoms with Gasteiger partial charge in [0, 0.05) is 31.0 Å². The summed E-state index contributed by atoms with van der Waals surface area (Å²) in [5.41, 5.74) is 1.39. The number of piperazine rings is 1. The first kappa shape index (κ1) is 16.4. The maximum absolute atomic E-state index is 12.8. The van der Waals surface area contributed by atoms with Crippen molar-refractivity contribution < 1.29 is 13.2 Å². The maximum Gasteiger partial charge on any atom is 0.255 e. The van der Waals surface area contributed by atoms with E-state index in [0.717, 1.165) is 25.2 Å². The number of hydrogen-bond acceptors (Lipinski definition) is 5. The van der Waals surface area contributed by atoms with Gasteiger partial charge in [-0.05, 0) is 32.0 Å². The molecule has 2 saturated heterocycles. The zero-order chi connectivity index (χ0) is 16.6. The minimum Gasteiger partial charge on any atom is -0.332 e. The number of carbonyl (C=O) groups excluding carboxylic acids is 1. The van der Waals surface area contributed by atoms with Gasteiger partial charge in [-0.1, -0.05) is 6.92 Å². The Morgan fingerprint density at radius 2 is 2.00 bits per heavy atom. The number of rotatable bonds is 3. The molecule has 0 aromatic carbocycles. The zero-order valence-electron chi connectivity index (χ0n) is 13.6. The molecule has 6 nitrogen and oxygen atoms in total. The van der Waals surface area contributed by atoms with Crippen molar-refractivity contribution in [2.75, 3.05) is 31.1 Å². The number of amides is 1. The van der Waals surface area contributed by atoms with E-state index in [4.69, 9.17) is 0 Å². The molecular formula is C16H23N3O3S. The van der Waals surface area contributed by atoms with E-state index in [1.54, 1.807) is 17.2 Å². The van der Waals surface area contributed by atoms with Gasteiger partial charge in [0.05, 0.1) is 23.1 Å². The first-order valence-corrected chi connectivity index (χ1v) is 9.91. The predicted octanol–water partition coefficient (Wildman–Crippen LogP) is 0.723. The first-order valence-electron chi connectivity index (χ1n) is 8.09. The Bertz CT molecular complexity index is 687. The molecule has 0 aliphatic carbocycles. The molecule has 0 unspecified atom stereocenters. The quantitative estimate of drug-likeness (QED) is 0.813. The molecule has 23 heavy (non-hydrogen) atoms. The van der Waals surface area contributed by atoms with E-state index in [1.165, 1.54) is 0 Å². The highest BCUT2D eigenvalue weighted by Crippen LogP contribution is 2.28. The molecule has 7 heteroatoms. The largest absolute Gasteiger partial charge is 0.332 e. The summed E-state index contributed by atoms with van der Waals surface area (Å²) >= 11 is 0. The molecule has 0 bridgehead atoms. The van der Waals surface area contributed by atoms with E-state index in [0.29, 0.717) is 12.1 Å². The Hall–Kier alpha value is -1.47. The van der Waals surface area contributed by atoms with Crippen LogP contribution in [0.15, 0.2) is 18.3 Å². The van der Waals surface area contributed by atoms with E-state index < -0.39 is 9.84 Å². The van der Waals surface area contributed by atoms with Crippen molar-refractivity contribution in [1.29, 1.82) is 0 Å². The van der Waals surface area contributed by atoms with Gasteiger partial charge in [-0.3, -0.25) is 14.7 Å². The number of sulfone groups is 1. The molecule has 2 atom stereocenters. The fourth-order valence-electron chi connectivity index (χ4n) is 3.60. The lowest BCUT2D eigenvalue weighted by atomic mass is 10.0. The first-order chi connectivity index (χ1) is 10.9. The Morgan fingerprint density at radius 3 is 2.65 bits per heavy atom. The molecule has 1 aromatic heterocycles. The second kappa shape index (κ2) is 6.20. The number of aromatic nitrogens is 1. The number of nitrogens with zero attached hydrogens (tertiary/aromatic N) is 3. The topological polar surface area (TPSA) is 70.6 Å². The van der Waals surface area contributed by atoms with Gasteiger partial charge in [0.25, 0.3) is 5.91 Å². The van der Waals surface area contributed by atoms with Gasteiger partial charge in [0.2, 0.25) is 0 Å². The fourth-order valence-corrected chi connectivity index (χ4v) is 5.61. The van der Waals surface area contributed by atoms with Gasteiger partial charge in [0.1, 0.15) is 0 Å².